The Bertz CT molecular complexity index is 252. The number of nitrogens with zero attached hydrogens (tertiary/aromatic N) is 1. The highest BCUT2D eigenvalue weighted by Crippen LogP contribution is 2.13. The second-order valence-electron chi connectivity index (χ2n) is 3.17. The molecule has 0 aromatic rings. The molecule has 0 saturated carbocycles. The van der Waals surface area contributed by atoms with Crippen LogP contribution in [0.2, 0.25) is 0 Å². The van der Waals surface area contributed by atoms with Crippen LogP contribution in [-0.2, 0) is 4.79 Å². The number of hydrogen-bond acceptors (Lipinski definition) is 2. The predicted molar refractivity (Wildman–Crippen MR) is 59.9 cm³/mol. The van der Waals surface area contributed by atoms with Gasteiger partial charge >= 0.3 is 0 Å². The fourth-order valence-electron chi connectivity index (χ4n) is 1.31. The first-order valence-corrected chi connectivity index (χ1v) is 4.84. The number of hydrogen-bond donors (Lipinski definition) is 1. The van der Waals surface area contributed by atoms with Crippen LogP contribution >= 0.6 is 0 Å². The Morgan fingerprint density at radius 3 is 2.29 bits per heavy atom. The summed E-state index contributed by atoms with van der Waals surface area (Å²) in [5, 5.41) is 2.64. The number of likely N-dealkylation sites (N-methyl/N-ethyl adjacent to an activating group) is 2. The highest BCUT2D eigenvalue weighted by molar-refractivity contribution is 5.97. The fraction of sp³-hybridized carbons (Fsp3) is 0.545. The molecule has 0 aliphatic heterocycles. The molecule has 0 atom stereocenters. The second kappa shape index (κ2) is 6.24. The zero-order chi connectivity index (χ0) is 11.1. The summed E-state index contributed by atoms with van der Waals surface area (Å²) in [5.74, 6) is -0.0337. The first-order chi connectivity index (χ1) is 6.58. The largest absolute Gasteiger partial charge is 0.377 e. The van der Waals surface area contributed by atoms with Crippen LogP contribution in [0.4, 0.5) is 0 Å². The number of nitrogens with one attached hydrogen (secondary N) is 1. The molecule has 0 unspecified atom stereocenters. The van der Waals surface area contributed by atoms with Crippen LogP contribution in [0.3, 0.4) is 0 Å². The standard InChI is InChI=1S/C11H20N2O/c1-6-8-9(11(14)12-3)10(7-2)13(4)5/h7-8H,6H2,1-5H3,(H,12,14)/b9-8+,10-7+. The molecule has 0 heterocycles. The fourth-order valence-corrected chi connectivity index (χ4v) is 1.31. The van der Waals surface area contributed by atoms with Gasteiger partial charge in [0.25, 0.3) is 5.91 Å². The predicted octanol–water partition coefficient (Wildman–Crippen LogP) is 1.53. The van der Waals surface area contributed by atoms with E-state index in [0.717, 1.165) is 17.7 Å². The van der Waals surface area contributed by atoms with Gasteiger partial charge in [0.1, 0.15) is 0 Å². The lowest BCUT2D eigenvalue weighted by Gasteiger charge is -2.19. The van der Waals surface area contributed by atoms with Crippen molar-refractivity contribution in [1.29, 1.82) is 0 Å². The maximum Gasteiger partial charge on any atom is 0.252 e. The van der Waals surface area contributed by atoms with Gasteiger partial charge in [-0.15, -0.1) is 0 Å². The Morgan fingerprint density at radius 2 is 2.00 bits per heavy atom. The molecule has 0 aromatic heterocycles. The Morgan fingerprint density at radius 1 is 1.43 bits per heavy atom. The molecule has 14 heavy (non-hydrogen) atoms. The zero-order valence-corrected chi connectivity index (χ0v) is 9.72. The van der Waals surface area contributed by atoms with Gasteiger partial charge in [-0.1, -0.05) is 19.1 Å². The van der Waals surface area contributed by atoms with E-state index in [1.165, 1.54) is 0 Å². The number of carbonyl (C=O) groups is 1. The van der Waals surface area contributed by atoms with E-state index in [1.54, 1.807) is 7.05 Å². The van der Waals surface area contributed by atoms with Gasteiger partial charge in [0, 0.05) is 26.8 Å². The van der Waals surface area contributed by atoms with Crippen LogP contribution in [0.1, 0.15) is 20.3 Å². The molecule has 0 bridgehead atoms. The average Bonchev–Trinajstić information content (AvgIpc) is 2.16. The molecule has 1 N–H and O–H groups in total. The Balaban J connectivity index is 5.01. The molecule has 1 amide bonds. The van der Waals surface area contributed by atoms with Gasteiger partial charge in [-0.2, -0.15) is 0 Å². The quantitative estimate of drug-likeness (QED) is 0.546. The maximum absolute atomic E-state index is 11.6. The van der Waals surface area contributed by atoms with Crippen LogP contribution in [0.25, 0.3) is 0 Å². The van der Waals surface area contributed by atoms with E-state index in [2.05, 4.69) is 5.32 Å². The molecule has 0 aliphatic rings. The maximum atomic E-state index is 11.6. The number of carbonyl (C=O) groups excluding carboxylic acids is 1. The molecule has 0 rings (SSSR count). The molecular weight excluding hydrogens is 176 g/mol. The van der Waals surface area contributed by atoms with Crippen molar-refractivity contribution in [2.45, 2.75) is 20.3 Å². The molecule has 0 fully saturated rings. The zero-order valence-electron chi connectivity index (χ0n) is 9.72. The van der Waals surface area contributed by atoms with E-state index in [-0.39, 0.29) is 5.91 Å². The number of rotatable bonds is 4. The van der Waals surface area contributed by atoms with Crippen molar-refractivity contribution < 1.29 is 4.79 Å². The Kier molecular flexibility index (Phi) is 5.68. The van der Waals surface area contributed by atoms with E-state index in [1.807, 2.05) is 45.0 Å². The Labute approximate surface area is 86.5 Å². The molecule has 80 valence electrons. The van der Waals surface area contributed by atoms with E-state index in [9.17, 15) is 4.79 Å². The normalized spacial score (nSPS) is 12.6. The molecule has 0 spiro atoms. The van der Waals surface area contributed by atoms with Crippen molar-refractivity contribution in [2.24, 2.45) is 0 Å². The summed E-state index contributed by atoms with van der Waals surface area (Å²) in [7, 11) is 5.51. The van der Waals surface area contributed by atoms with Gasteiger partial charge in [-0.3, -0.25) is 4.79 Å². The van der Waals surface area contributed by atoms with Crippen molar-refractivity contribution in [3.63, 3.8) is 0 Å². The minimum absolute atomic E-state index is 0.0337. The summed E-state index contributed by atoms with van der Waals surface area (Å²) < 4.78 is 0. The van der Waals surface area contributed by atoms with Crippen LogP contribution in [-0.4, -0.2) is 32.0 Å². The molecular formula is C11H20N2O. The summed E-state index contributed by atoms with van der Waals surface area (Å²) in [6.07, 6.45) is 4.73. The molecule has 0 radical (unpaired) electrons. The molecule has 3 nitrogen and oxygen atoms in total. The van der Waals surface area contributed by atoms with Crippen LogP contribution in [0.15, 0.2) is 23.4 Å². The summed E-state index contributed by atoms with van der Waals surface area (Å²) >= 11 is 0. The van der Waals surface area contributed by atoms with Gasteiger partial charge in [-0.25, -0.2) is 0 Å². The van der Waals surface area contributed by atoms with Crippen molar-refractivity contribution >= 4 is 5.91 Å². The summed E-state index contributed by atoms with van der Waals surface area (Å²) in [6, 6.07) is 0. The Hall–Kier alpha value is -1.25. The summed E-state index contributed by atoms with van der Waals surface area (Å²) in [4.78, 5) is 13.5. The smallest absolute Gasteiger partial charge is 0.252 e. The minimum atomic E-state index is -0.0337. The van der Waals surface area contributed by atoms with E-state index < -0.39 is 0 Å². The van der Waals surface area contributed by atoms with Crippen LogP contribution < -0.4 is 5.32 Å². The first-order valence-electron chi connectivity index (χ1n) is 4.84. The lowest BCUT2D eigenvalue weighted by atomic mass is 10.1. The lowest BCUT2D eigenvalue weighted by molar-refractivity contribution is -0.116. The monoisotopic (exact) mass is 196 g/mol. The van der Waals surface area contributed by atoms with Crippen molar-refractivity contribution in [1.82, 2.24) is 10.2 Å². The average molecular weight is 196 g/mol. The molecule has 0 saturated heterocycles. The molecule has 0 aliphatic carbocycles. The minimum Gasteiger partial charge on any atom is -0.377 e. The van der Waals surface area contributed by atoms with E-state index in [4.69, 9.17) is 0 Å². The topological polar surface area (TPSA) is 32.3 Å². The van der Waals surface area contributed by atoms with Crippen molar-refractivity contribution in [3.05, 3.63) is 23.4 Å². The van der Waals surface area contributed by atoms with Gasteiger partial charge in [0.2, 0.25) is 0 Å². The van der Waals surface area contributed by atoms with Gasteiger partial charge < -0.3 is 10.2 Å². The van der Waals surface area contributed by atoms with Gasteiger partial charge in [0.15, 0.2) is 0 Å². The van der Waals surface area contributed by atoms with E-state index in [0.29, 0.717) is 0 Å². The number of amides is 1. The highest BCUT2D eigenvalue weighted by atomic mass is 16.1. The summed E-state index contributed by atoms with van der Waals surface area (Å²) in [5.41, 5.74) is 1.69. The highest BCUT2D eigenvalue weighted by Gasteiger charge is 2.12. The van der Waals surface area contributed by atoms with E-state index >= 15 is 0 Å². The van der Waals surface area contributed by atoms with Gasteiger partial charge in [0.05, 0.1) is 5.57 Å². The third-order valence-electron chi connectivity index (χ3n) is 1.91. The van der Waals surface area contributed by atoms with Gasteiger partial charge in [-0.05, 0) is 13.3 Å². The summed E-state index contributed by atoms with van der Waals surface area (Å²) in [6.45, 7) is 3.95. The van der Waals surface area contributed by atoms with Crippen LogP contribution in [0.5, 0.6) is 0 Å². The lowest BCUT2D eigenvalue weighted by Crippen LogP contribution is -2.25. The first kappa shape index (κ1) is 12.8. The SMILES string of the molecule is C/C=C(\C(=C/CC)C(=O)NC)N(C)C. The molecule has 0 aromatic carbocycles. The third kappa shape index (κ3) is 3.24. The van der Waals surface area contributed by atoms with Crippen molar-refractivity contribution in [2.75, 3.05) is 21.1 Å². The second-order valence-corrected chi connectivity index (χ2v) is 3.17. The molecule has 3 heteroatoms. The van der Waals surface area contributed by atoms with Crippen molar-refractivity contribution in [3.8, 4) is 0 Å². The third-order valence-corrected chi connectivity index (χ3v) is 1.91. The van der Waals surface area contributed by atoms with Crippen LogP contribution in [0, 0.1) is 0 Å². The number of allylic oxidation sites excluding steroid dienone is 2.